The van der Waals surface area contributed by atoms with Crippen LogP contribution in [-0.2, 0) is 26.3 Å². The third kappa shape index (κ3) is 3.69. The highest BCUT2D eigenvalue weighted by atomic mass is 79.9. The number of carbonyl (C=O) groups excluding carboxylic acids is 1. The summed E-state index contributed by atoms with van der Waals surface area (Å²) in [7, 11) is 1.22. The molecule has 126 valence electrons. The third-order valence-corrected chi connectivity index (χ3v) is 4.02. The van der Waals surface area contributed by atoms with Gasteiger partial charge in [-0.05, 0) is 22.9 Å². The molecule has 11 heteroatoms. The van der Waals surface area contributed by atoms with Crippen molar-refractivity contribution in [3.05, 3.63) is 32.8 Å². The van der Waals surface area contributed by atoms with Crippen molar-refractivity contribution in [1.82, 2.24) is 24.9 Å². The number of hydrogen-bond acceptors (Lipinski definition) is 3. The van der Waals surface area contributed by atoms with Crippen molar-refractivity contribution in [3.8, 4) is 0 Å². The minimum Gasteiger partial charge on any atom is -0.345 e. The zero-order valence-corrected chi connectivity index (χ0v) is 14.4. The van der Waals surface area contributed by atoms with E-state index in [1.54, 1.807) is 10.9 Å². The second-order valence-corrected chi connectivity index (χ2v) is 5.83. The normalized spacial score (nSPS) is 11.8. The fraction of sp³-hybridized carbons (Fsp3) is 0.417. The average molecular weight is 415 g/mol. The maximum atomic E-state index is 12.7. The summed E-state index contributed by atoms with van der Waals surface area (Å²) < 4.78 is 41.4. The molecule has 0 fully saturated rings. The third-order valence-electron chi connectivity index (χ3n) is 3.00. The topological polar surface area (TPSA) is 64.7 Å². The molecule has 1 N–H and O–H groups in total. The summed E-state index contributed by atoms with van der Waals surface area (Å²) in [5.41, 5.74) is -1.09. The summed E-state index contributed by atoms with van der Waals surface area (Å²) in [4.78, 5) is 12.1. The van der Waals surface area contributed by atoms with Crippen LogP contribution in [0.5, 0.6) is 0 Å². The Balaban J connectivity index is 2.18. The summed E-state index contributed by atoms with van der Waals surface area (Å²) in [5.74, 6) is -0.765. The molecular weight excluding hydrogens is 403 g/mol. The second kappa shape index (κ2) is 6.52. The molecule has 0 atom stereocenters. The van der Waals surface area contributed by atoms with Gasteiger partial charge in [0, 0.05) is 19.8 Å². The van der Waals surface area contributed by atoms with E-state index in [2.05, 4.69) is 31.4 Å². The molecule has 0 aromatic carbocycles. The van der Waals surface area contributed by atoms with Crippen molar-refractivity contribution in [3.63, 3.8) is 0 Å². The molecule has 2 rings (SSSR count). The highest BCUT2D eigenvalue weighted by molar-refractivity contribution is 9.10. The standard InChI is InChI=1S/C12H12BrClF3N5O/c1-3-22-5-6(13)7(19-22)4-18-11(23)9-8(14)10(12(15,16)17)20-21(9)2/h5H,3-4H2,1-2H3,(H,18,23). The molecule has 1 amide bonds. The fourth-order valence-corrected chi connectivity index (χ4v) is 2.70. The van der Waals surface area contributed by atoms with Gasteiger partial charge in [-0.25, -0.2) is 0 Å². The van der Waals surface area contributed by atoms with Gasteiger partial charge in [0.25, 0.3) is 5.91 Å². The Morgan fingerprint density at radius 2 is 2.09 bits per heavy atom. The Morgan fingerprint density at radius 3 is 2.57 bits per heavy atom. The minimum absolute atomic E-state index is 0.0370. The van der Waals surface area contributed by atoms with Gasteiger partial charge in [-0.2, -0.15) is 23.4 Å². The molecule has 0 saturated carbocycles. The quantitative estimate of drug-likeness (QED) is 0.836. The van der Waals surface area contributed by atoms with Gasteiger partial charge in [0.05, 0.1) is 16.7 Å². The first-order valence-electron chi connectivity index (χ1n) is 6.44. The van der Waals surface area contributed by atoms with Crippen LogP contribution >= 0.6 is 27.5 Å². The minimum atomic E-state index is -4.73. The van der Waals surface area contributed by atoms with Gasteiger partial charge < -0.3 is 5.32 Å². The summed E-state index contributed by atoms with van der Waals surface area (Å²) >= 11 is 8.95. The van der Waals surface area contributed by atoms with E-state index in [4.69, 9.17) is 11.6 Å². The molecule has 0 spiro atoms. The number of halogens is 5. The van der Waals surface area contributed by atoms with E-state index in [1.165, 1.54) is 7.05 Å². The average Bonchev–Trinajstić information content (AvgIpc) is 2.96. The van der Waals surface area contributed by atoms with Crippen LogP contribution in [0.15, 0.2) is 10.7 Å². The van der Waals surface area contributed by atoms with Crippen molar-refractivity contribution in [2.24, 2.45) is 7.05 Å². The van der Waals surface area contributed by atoms with Gasteiger partial charge in [0.1, 0.15) is 10.7 Å². The molecule has 0 aliphatic rings. The molecule has 2 aromatic heterocycles. The molecule has 23 heavy (non-hydrogen) atoms. The monoisotopic (exact) mass is 413 g/mol. The Kier molecular flexibility index (Phi) is 5.04. The number of amides is 1. The predicted molar refractivity (Wildman–Crippen MR) is 80.0 cm³/mol. The Bertz CT molecular complexity index is 740. The van der Waals surface area contributed by atoms with E-state index in [1.807, 2.05) is 6.92 Å². The first-order valence-corrected chi connectivity index (χ1v) is 7.62. The van der Waals surface area contributed by atoms with Crippen molar-refractivity contribution < 1.29 is 18.0 Å². The molecular formula is C12H12BrClF3N5O. The van der Waals surface area contributed by atoms with Crippen LogP contribution in [0.25, 0.3) is 0 Å². The lowest BCUT2D eigenvalue weighted by atomic mass is 10.3. The van der Waals surface area contributed by atoms with Crippen LogP contribution < -0.4 is 5.32 Å². The first kappa shape index (κ1) is 17.8. The molecule has 6 nitrogen and oxygen atoms in total. The number of aromatic nitrogens is 4. The maximum absolute atomic E-state index is 12.7. The summed E-state index contributed by atoms with van der Waals surface area (Å²) in [5, 5.41) is 9.22. The number of nitrogens with one attached hydrogen (secondary N) is 1. The summed E-state index contributed by atoms with van der Waals surface area (Å²) in [6.45, 7) is 2.58. The van der Waals surface area contributed by atoms with Crippen LogP contribution in [0.1, 0.15) is 28.8 Å². The number of alkyl halides is 3. The molecule has 0 saturated heterocycles. The Labute approximate surface area is 142 Å². The van der Waals surface area contributed by atoms with Gasteiger partial charge in [0.15, 0.2) is 5.69 Å². The fourth-order valence-electron chi connectivity index (χ4n) is 1.89. The van der Waals surface area contributed by atoms with Gasteiger partial charge >= 0.3 is 6.18 Å². The molecule has 0 radical (unpaired) electrons. The summed E-state index contributed by atoms with van der Waals surface area (Å²) in [6, 6.07) is 0. The highest BCUT2D eigenvalue weighted by Gasteiger charge is 2.39. The molecule has 0 aliphatic carbocycles. The number of carbonyl (C=O) groups is 1. The second-order valence-electron chi connectivity index (χ2n) is 4.59. The number of rotatable bonds is 4. The first-order chi connectivity index (χ1) is 10.6. The predicted octanol–water partition coefficient (Wildman–Crippen LogP) is 3.00. The molecule has 2 heterocycles. The lowest BCUT2D eigenvalue weighted by Gasteiger charge is -2.05. The van der Waals surface area contributed by atoms with Crippen molar-refractivity contribution >= 4 is 33.4 Å². The van der Waals surface area contributed by atoms with Gasteiger partial charge in [-0.15, -0.1) is 0 Å². The van der Waals surface area contributed by atoms with Crippen molar-refractivity contribution in [2.75, 3.05) is 0 Å². The summed E-state index contributed by atoms with van der Waals surface area (Å²) in [6.07, 6.45) is -2.99. The van der Waals surface area contributed by atoms with Crippen LogP contribution in [0.4, 0.5) is 13.2 Å². The van der Waals surface area contributed by atoms with E-state index in [0.717, 1.165) is 4.68 Å². The smallest absolute Gasteiger partial charge is 0.345 e. The Hall–Kier alpha value is -1.55. The molecule has 0 unspecified atom stereocenters. The zero-order chi connectivity index (χ0) is 17.4. The van der Waals surface area contributed by atoms with Crippen molar-refractivity contribution in [2.45, 2.75) is 26.2 Å². The Morgan fingerprint density at radius 1 is 1.43 bits per heavy atom. The van der Waals surface area contributed by atoms with Gasteiger partial charge in [-0.1, -0.05) is 11.6 Å². The van der Waals surface area contributed by atoms with Crippen LogP contribution in [0.3, 0.4) is 0 Å². The van der Waals surface area contributed by atoms with E-state index in [0.29, 0.717) is 16.7 Å². The van der Waals surface area contributed by atoms with Crippen LogP contribution in [0, 0.1) is 0 Å². The van der Waals surface area contributed by atoms with E-state index in [9.17, 15) is 18.0 Å². The van der Waals surface area contributed by atoms with E-state index < -0.39 is 22.8 Å². The van der Waals surface area contributed by atoms with Gasteiger partial charge in [0.2, 0.25) is 0 Å². The molecule has 0 aliphatic heterocycles. The largest absolute Gasteiger partial charge is 0.436 e. The SMILES string of the molecule is CCn1cc(Br)c(CNC(=O)c2c(Cl)c(C(F)(F)F)nn2C)n1. The van der Waals surface area contributed by atoms with Crippen LogP contribution in [-0.4, -0.2) is 25.5 Å². The van der Waals surface area contributed by atoms with Crippen LogP contribution in [0.2, 0.25) is 5.02 Å². The number of nitrogens with zero attached hydrogens (tertiary/aromatic N) is 4. The number of hydrogen-bond donors (Lipinski definition) is 1. The zero-order valence-electron chi connectivity index (χ0n) is 12.1. The lowest BCUT2D eigenvalue weighted by molar-refractivity contribution is -0.141. The van der Waals surface area contributed by atoms with E-state index in [-0.39, 0.29) is 12.2 Å². The molecule has 2 aromatic rings. The maximum Gasteiger partial charge on any atom is 0.436 e. The van der Waals surface area contributed by atoms with Gasteiger partial charge in [-0.3, -0.25) is 14.2 Å². The lowest BCUT2D eigenvalue weighted by Crippen LogP contribution is -2.26. The van der Waals surface area contributed by atoms with E-state index >= 15 is 0 Å². The van der Waals surface area contributed by atoms with Crippen molar-refractivity contribution in [1.29, 1.82) is 0 Å². The highest BCUT2D eigenvalue weighted by Crippen LogP contribution is 2.35. The number of aryl methyl sites for hydroxylation is 2. The molecule has 0 bridgehead atoms.